The zero-order valence-electron chi connectivity index (χ0n) is 17.2. The quantitative estimate of drug-likeness (QED) is 0.664. The Bertz CT molecular complexity index is 1050. The van der Waals surface area contributed by atoms with E-state index >= 15 is 0 Å². The fourth-order valence-electron chi connectivity index (χ4n) is 4.68. The van der Waals surface area contributed by atoms with Crippen molar-refractivity contribution in [3.05, 3.63) is 29.7 Å². The van der Waals surface area contributed by atoms with E-state index in [1.165, 1.54) is 11.3 Å². The van der Waals surface area contributed by atoms with E-state index in [4.69, 9.17) is 14.5 Å². The molecule has 8 heteroatoms. The summed E-state index contributed by atoms with van der Waals surface area (Å²) in [5, 5.41) is 4.52. The highest BCUT2D eigenvalue weighted by Gasteiger charge is 2.55. The first kappa shape index (κ1) is 18.2. The summed E-state index contributed by atoms with van der Waals surface area (Å²) in [5.41, 5.74) is 3.23. The first-order valence-corrected chi connectivity index (χ1v) is 10.1. The number of hydrogen-bond acceptors (Lipinski definition) is 7. The van der Waals surface area contributed by atoms with Crippen LogP contribution in [0.2, 0.25) is 0 Å². The maximum atomic E-state index is 5.97. The van der Waals surface area contributed by atoms with Crippen molar-refractivity contribution in [1.29, 1.82) is 0 Å². The number of pyridine rings is 1. The van der Waals surface area contributed by atoms with Gasteiger partial charge in [-0.3, -0.25) is 4.98 Å². The highest BCUT2D eigenvalue weighted by Crippen LogP contribution is 2.47. The van der Waals surface area contributed by atoms with Crippen LogP contribution in [0.3, 0.4) is 0 Å². The SMILES string of the molecule is CCc1[nH]c2nc(Oc3cncc(OC)c3)nc(N3CC4C(C3)C4NC)c2c1C. The third-order valence-corrected chi connectivity index (χ3v) is 6.28. The monoisotopic (exact) mass is 394 g/mol. The minimum Gasteiger partial charge on any atom is -0.495 e. The number of fused-ring (bicyclic) bond motifs is 2. The molecule has 29 heavy (non-hydrogen) atoms. The van der Waals surface area contributed by atoms with Crippen LogP contribution in [0.5, 0.6) is 17.5 Å². The molecule has 152 valence electrons. The molecule has 0 radical (unpaired) electrons. The van der Waals surface area contributed by atoms with Crippen LogP contribution in [0.4, 0.5) is 5.82 Å². The fraction of sp³-hybridized carbons (Fsp3) is 0.476. The minimum atomic E-state index is 0.317. The summed E-state index contributed by atoms with van der Waals surface area (Å²) in [4.78, 5) is 19.5. The van der Waals surface area contributed by atoms with Gasteiger partial charge in [-0.05, 0) is 37.8 Å². The summed E-state index contributed by atoms with van der Waals surface area (Å²) in [6.07, 6.45) is 4.19. The van der Waals surface area contributed by atoms with E-state index < -0.39 is 0 Å². The number of rotatable bonds is 6. The Morgan fingerprint density at radius 2 is 1.97 bits per heavy atom. The zero-order chi connectivity index (χ0) is 20.1. The summed E-state index contributed by atoms with van der Waals surface area (Å²) < 4.78 is 11.2. The molecule has 1 saturated carbocycles. The first-order valence-electron chi connectivity index (χ1n) is 10.1. The van der Waals surface area contributed by atoms with Crippen LogP contribution in [-0.4, -0.2) is 53.2 Å². The smallest absolute Gasteiger partial charge is 0.326 e. The highest BCUT2D eigenvalue weighted by atomic mass is 16.5. The molecule has 2 unspecified atom stereocenters. The molecule has 2 fully saturated rings. The Morgan fingerprint density at radius 3 is 2.66 bits per heavy atom. The Hall–Kier alpha value is -2.87. The van der Waals surface area contributed by atoms with Gasteiger partial charge in [-0.1, -0.05) is 6.92 Å². The van der Waals surface area contributed by atoms with E-state index in [2.05, 4.69) is 39.0 Å². The van der Waals surface area contributed by atoms with Crippen molar-refractivity contribution in [2.24, 2.45) is 11.8 Å². The lowest BCUT2D eigenvalue weighted by atomic mass is 10.1. The van der Waals surface area contributed by atoms with Crippen molar-refractivity contribution in [3.63, 3.8) is 0 Å². The molecule has 1 aliphatic carbocycles. The van der Waals surface area contributed by atoms with Crippen LogP contribution in [0.1, 0.15) is 18.2 Å². The first-order chi connectivity index (χ1) is 14.1. The van der Waals surface area contributed by atoms with Gasteiger partial charge in [-0.2, -0.15) is 9.97 Å². The van der Waals surface area contributed by atoms with Crippen LogP contribution in [0.25, 0.3) is 11.0 Å². The molecular formula is C21H26N6O2. The third-order valence-electron chi connectivity index (χ3n) is 6.28. The van der Waals surface area contributed by atoms with Gasteiger partial charge in [0.15, 0.2) is 5.75 Å². The number of methoxy groups -OCH3 is 1. The van der Waals surface area contributed by atoms with Gasteiger partial charge in [0.2, 0.25) is 0 Å². The van der Waals surface area contributed by atoms with Gasteiger partial charge in [0, 0.05) is 30.9 Å². The van der Waals surface area contributed by atoms with Crippen molar-refractivity contribution in [3.8, 4) is 17.5 Å². The topological polar surface area (TPSA) is 88.2 Å². The molecule has 4 heterocycles. The number of hydrogen-bond donors (Lipinski definition) is 2. The number of aryl methyl sites for hydroxylation is 2. The van der Waals surface area contributed by atoms with E-state index in [1.807, 2.05) is 7.05 Å². The van der Waals surface area contributed by atoms with Crippen LogP contribution in [0, 0.1) is 18.8 Å². The van der Waals surface area contributed by atoms with Crippen molar-refractivity contribution in [1.82, 2.24) is 25.3 Å². The molecule has 1 aliphatic heterocycles. The largest absolute Gasteiger partial charge is 0.495 e. The second-order valence-corrected chi connectivity index (χ2v) is 7.85. The van der Waals surface area contributed by atoms with Gasteiger partial charge in [-0.15, -0.1) is 0 Å². The van der Waals surface area contributed by atoms with Gasteiger partial charge >= 0.3 is 6.01 Å². The van der Waals surface area contributed by atoms with E-state index in [0.717, 1.165) is 36.4 Å². The predicted octanol–water partition coefficient (Wildman–Crippen LogP) is 2.68. The molecule has 0 amide bonds. The zero-order valence-corrected chi connectivity index (χ0v) is 17.2. The molecule has 8 nitrogen and oxygen atoms in total. The molecule has 3 aromatic heterocycles. The van der Waals surface area contributed by atoms with E-state index in [9.17, 15) is 0 Å². The Labute approximate surface area is 169 Å². The van der Waals surface area contributed by atoms with E-state index in [-0.39, 0.29) is 0 Å². The lowest BCUT2D eigenvalue weighted by Crippen LogP contribution is -2.30. The Kier molecular flexibility index (Phi) is 4.31. The fourth-order valence-corrected chi connectivity index (χ4v) is 4.68. The predicted molar refractivity (Wildman–Crippen MR) is 111 cm³/mol. The average molecular weight is 394 g/mol. The Balaban J connectivity index is 1.54. The number of anilines is 1. The molecule has 2 N–H and O–H groups in total. The standard InChI is InChI=1S/C21H26N6O2/c1-5-16-11(2)17-19(24-16)25-21(29-13-6-12(28-4)7-23-8-13)26-20(17)27-9-14-15(10-27)18(14)22-3/h6-8,14-15,18,22H,5,9-10H2,1-4H3,(H,24,25,26). The number of aromatic amines is 1. The number of piperidine rings is 1. The summed E-state index contributed by atoms with van der Waals surface area (Å²) >= 11 is 0. The van der Waals surface area contributed by atoms with Crippen molar-refractivity contribution < 1.29 is 9.47 Å². The summed E-state index contributed by atoms with van der Waals surface area (Å²) in [6.45, 7) is 6.31. The summed E-state index contributed by atoms with van der Waals surface area (Å²) in [5.74, 6) is 3.53. The van der Waals surface area contributed by atoms with Gasteiger partial charge in [-0.25, -0.2) is 0 Å². The van der Waals surface area contributed by atoms with E-state index in [1.54, 1.807) is 25.6 Å². The lowest BCUT2D eigenvalue weighted by Gasteiger charge is -2.22. The van der Waals surface area contributed by atoms with Crippen LogP contribution < -0.4 is 19.7 Å². The second-order valence-electron chi connectivity index (χ2n) is 7.85. The molecule has 0 aromatic carbocycles. The van der Waals surface area contributed by atoms with Crippen LogP contribution in [0.15, 0.2) is 18.5 Å². The van der Waals surface area contributed by atoms with Gasteiger partial charge < -0.3 is 24.7 Å². The maximum Gasteiger partial charge on any atom is 0.326 e. The number of nitrogens with one attached hydrogen (secondary N) is 2. The van der Waals surface area contributed by atoms with Gasteiger partial charge in [0.25, 0.3) is 0 Å². The van der Waals surface area contributed by atoms with Crippen molar-refractivity contribution >= 4 is 16.9 Å². The highest BCUT2D eigenvalue weighted by molar-refractivity contribution is 5.92. The molecule has 1 saturated heterocycles. The molecule has 0 spiro atoms. The maximum absolute atomic E-state index is 5.97. The average Bonchev–Trinajstić information content (AvgIpc) is 3.05. The number of nitrogens with zero attached hydrogens (tertiary/aromatic N) is 4. The van der Waals surface area contributed by atoms with Crippen molar-refractivity contribution in [2.75, 3.05) is 32.1 Å². The minimum absolute atomic E-state index is 0.317. The van der Waals surface area contributed by atoms with Gasteiger partial charge in [0.1, 0.15) is 17.2 Å². The Morgan fingerprint density at radius 1 is 1.21 bits per heavy atom. The number of aromatic nitrogens is 4. The van der Waals surface area contributed by atoms with Crippen molar-refractivity contribution in [2.45, 2.75) is 26.3 Å². The molecule has 0 bridgehead atoms. The molecule has 2 aliphatic rings. The molecule has 3 aromatic rings. The third kappa shape index (κ3) is 2.98. The second kappa shape index (κ2) is 6.88. The van der Waals surface area contributed by atoms with Crippen LogP contribution >= 0.6 is 0 Å². The van der Waals surface area contributed by atoms with Gasteiger partial charge in [0.05, 0.1) is 24.9 Å². The molecular weight excluding hydrogens is 368 g/mol. The van der Waals surface area contributed by atoms with Crippen LogP contribution in [-0.2, 0) is 6.42 Å². The summed E-state index contributed by atoms with van der Waals surface area (Å²) in [6, 6.07) is 2.73. The molecule has 5 rings (SSSR count). The lowest BCUT2D eigenvalue weighted by molar-refractivity contribution is 0.401. The normalized spacial score (nSPS) is 22.8. The molecule has 2 atom stereocenters. The number of ether oxygens (including phenoxy) is 2. The van der Waals surface area contributed by atoms with E-state index in [0.29, 0.717) is 35.4 Å². The number of H-pyrrole nitrogens is 1. The summed E-state index contributed by atoms with van der Waals surface area (Å²) in [7, 11) is 3.65.